The Bertz CT molecular complexity index is 267. The molecule has 2 nitrogen and oxygen atoms in total. The van der Waals surface area contributed by atoms with Crippen LogP contribution in [-0.2, 0) is 14.8 Å². The van der Waals surface area contributed by atoms with Crippen molar-refractivity contribution in [1.82, 2.24) is 0 Å². The Morgan fingerprint density at radius 2 is 1.54 bits per heavy atom. The van der Waals surface area contributed by atoms with E-state index in [9.17, 15) is 0 Å². The van der Waals surface area contributed by atoms with Crippen molar-refractivity contribution in [3.63, 3.8) is 0 Å². The summed E-state index contributed by atoms with van der Waals surface area (Å²) in [6.45, 7) is 3.90. The van der Waals surface area contributed by atoms with Gasteiger partial charge in [0.1, 0.15) is 0 Å². The Morgan fingerprint density at radius 3 is 1.92 bits per heavy atom. The molecule has 0 aliphatic rings. The quantitative estimate of drug-likeness (QED) is 0.571. The predicted molar refractivity (Wildman–Crippen MR) is 60.1 cm³/mol. The van der Waals surface area contributed by atoms with E-state index in [1.807, 2.05) is 38.1 Å². The van der Waals surface area contributed by atoms with Crippen LogP contribution in [0.1, 0.15) is 18.1 Å². The third-order valence-corrected chi connectivity index (χ3v) is 2.93. The van der Waals surface area contributed by atoms with Crippen LogP contribution in [0.25, 0.3) is 0 Å². The third-order valence-electron chi connectivity index (χ3n) is 2.03. The zero-order chi connectivity index (χ0) is 9.90. The number of hydrogen-bond acceptors (Lipinski definition) is 2. The number of aryl methyl sites for hydroxylation is 1. The molecule has 72 valence electrons. The lowest BCUT2D eigenvalue weighted by Gasteiger charge is -2.26. The van der Waals surface area contributed by atoms with Crippen molar-refractivity contribution >= 4 is 18.9 Å². The predicted octanol–water partition coefficient (Wildman–Crippen LogP) is 2.78. The summed E-state index contributed by atoms with van der Waals surface area (Å²) >= 11 is 0. The van der Waals surface area contributed by atoms with Gasteiger partial charge in [0.2, 0.25) is 0 Å². The second-order valence-electron chi connectivity index (χ2n) is 3.05. The lowest BCUT2D eigenvalue weighted by molar-refractivity contribution is -0.0796. The SMILES string of the molecule is Cc1ccc(C(C)(OP)OP)cc1. The molecule has 0 amide bonds. The molecule has 0 bridgehead atoms. The Balaban J connectivity index is 2.99. The molecule has 13 heavy (non-hydrogen) atoms. The van der Waals surface area contributed by atoms with E-state index in [1.165, 1.54) is 5.56 Å². The molecule has 0 saturated heterocycles. The smallest absolute Gasteiger partial charge is 0.197 e. The lowest BCUT2D eigenvalue weighted by Crippen LogP contribution is -2.21. The van der Waals surface area contributed by atoms with Gasteiger partial charge in [-0.3, -0.25) is 0 Å². The van der Waals surface area contributed by atoms with Crippen LogP contribution in [0.5, 0.6) is 0 Å². The molecule has 0 spiro atoms. The van der Waals surface area contributed by atoms with Gasteiger partial charge in [-0.25, -0.2) is 0 Å². The highest BCUT2D eigenvalue weighted by molar-refractivity contribution is 7.10. The molecule has 0 aromatic heterocycles. The maximum Gasteiger partial charge on any atom is 0.197 e. The molecule has 1 rings (SSSR count). The molecule has 4 heteroatoms. The van der Waals surface area contributed by atoms with Gasteiger partial charge in [-0.05, 0) is 13.8 Å². The Kier molecular flexibility index (Phi) is 3.82. The van der Waals surface area contributed by atoms with Crippen molar-refractivity contribution in [2.45, 2.75) is 19.6 Å². The molecule has 1 aromatic carbocycles. The van der Waals surface area contributed by atoms with E-state index in [-0.39, 0.29) is 0 Å². The second-order valence-corrected chi connectivity index (χ2v) is 3.52. The maximum absolute atomic E-state index is 5.19. The van der Waals surface area contributed by atoms with E-state index in [1.54, 1.807) is 0 Å². The van der Waals surface area contributed by atoms with Crippen LogP contribution in [0, 0.1) is 6.92 Å². The molecule has 0 radical (unpaired) electrons. The second kappa shape index (κ2) is 4.48. The van der Waals surface area contributed by atoms with E-state index in [0.29, 0.717) is 0 Å². The molecule has 0 aliphatic heterocycles. The van der Waals surface area contributed by atoms with E-state index in [0.717, 1.165) is 5.56 Å². The zero-order valence-corrected chi connectivity index (χ0v) is 10.1. The van der Waals surface area contributed by atoms with Crippen molar-refractivity contribution in [2.75, 3.05) is 0 Å². The normalized spacial score (nSPS) is 11.7. The summed E-state index contributed by atoms with van der Waals surface area (Å²) in [7, 11) is 4.43. The van der Waals surface area contributed by atoms with E-state index in [2.05, 4.69) is 18.9 Å². The van der Waals surface area contributed by atoms with Crippen LogP contribution in [0.3, 0.4) is 0 Å². The van der Waals surface area contributed by atoms with Crippen LogP contribution in [-0.4, -0.2) is 0 Å². The summed E-state index contributed by atoms with van der Waals surface area (Å²) in [5.41, 5.74) is 2.21. The summed E-state index contributed by atoms with van der Waals surface area (Å²) in [6, 6.07) is 8.04. The van der Waals surface area contributed by atoms with E-state index < -0.39 is 5.79 Å². The summed E-state index contributed by atoms with van der Waals surface area (Å²) in [4.78, 5) is 0. The van der Waals surface area contributed by atoms with Gasteiger partial charge >= 0.3 is 0 Å². The first-order valence-electron chi connectivity index (χ1n) is 3.95. The van der Waals surface area contributed by atoms with Gasteiger partial charge in [-0.2, -0.15) is 0 Å². The van der Waals surface area contributed by atoms with Gasteiger partial charge < -0.3 is 9.05 Å². The fourth-order valence-electron chi connectivity index (χ4n) is 1.02. The van der Waals surface area contributed by atoms with E-state index >= 15 is 0 Å². The van der Waals surface area contributed by atoms with Crippen molar-refractivity contribution in [3.8, 4) is 0 Å². The highest BCUT2D eigenvalue weighted by Crippen LogP contribution is 2.31. The minimum Gasteiger partial charge on any atom is -0.329 e. The molecular formula is C9H14O2P2. The maximum atomic E-state index is 5.19. The van der Waals surface area contributed by atoms with Gasteiger partial charge in [0.25, 0.3) is 0 Å². The Labute approximate surface area is 83.6 Å². The van der Waals surface area contributed by atoms with Crippen LogP contribution in [0.4, 0.5) is 0 Å². The summed E-state index contributed by atoms with van der Waals surface area (Å²) in [6.07, 6.45) is 0. The molecule has 0 N–H and O–H groups in total. The van der Waals surface area contributed by atoms with Gasteiger partial charge in [-0.15, -0.1) is 0 Å². The average Bonchev–Trinajstić information content (AvgIpc) is 2.18. The fraction of sp³-hybridized carbons (Fsp3) is 0.333. The largest absolute Gasteiger partial charge is 0.329 e. The topological polar surface area (TPSA) is 18.5 Å². The summed E-state index contributed by atoms with van der Waals surface area (Å²) in [5.74, 6) is -0.705. The zero-order valence-electron chi connectivity index (χ0n) is 7.78. The Morgan fingerprint density at radius 1 is 1.08 bits per heavy atom. The minimum absolute atomic E-state index is 0.705. The van der Waals surface area contributed by atoms with Crippen LogP contribution in [0.15, 0.2) is 24.3 Å². The van der Waals surface area contributed by atoms with Crippen LogP contribution >= 0.6 is 18.9 Å². The molecule has 2 atom stereocenters. The molecule has 0 aliphatic carbocycles. The number of hydrogen-bond donors (Lipinski definition) is 0. The Hall–Kier alpha value is -0.000000000000000111. The molecule has 2 unspecified atom stereocenters. The first kappa shape index (κ1) is 11.1. The van der Waals surface area contributed by atoms with Gasteiger partial charge in [0, 0.05) is 24.5 Å². The first-order valence-corrected chi connectivity index (χ1v) is 4.89. The highest BCUT2D eigenvalue weighted by Gasteiger charge is 2.25. The van der Waals surface area contributed by atoms with Crippen molar-refractivity contribution < 1.29 is 9.05 Å². The number of rotatable bonds is 3. The van der Waals surface area contributed by atoms with Crippen molar-refractivity contribution in [1.29, 1.82) is 0 Å². The van der Waals surface area contributed by atoms with Crippen LogP contribution < -0.4 is 0 Å². The summed E-state index contributed by atoms with van der Waals surface area (Å²) in [5, 5.41) is 0. The van der Waals surface area contributed by atoms with Gasteiger partial charge in [0.15, 0.2) is 5.79 Å². The lowest BCUT2D eigenvalue weighted by atomic mass is 10.1. The molecule has 1 aromatic rings. The molecule has 0 fully saturated rings. The first-order chi connectivity index (χ1) is 6.12. The molecule has 0 heterocycles. The van der Waals surface area contributed by atoms with Gasteiger partial charge in [-0.1, -0.05) is 29.8 Å². The van der Waals surface area contributed by atoms with Gasteiger partial charge in [0.05, 0.1) is 0 Å². The monoisotopic (exact) mass is 216 g/mol. The number of benzene rings is 1. The van der Waals surface area contributed by atoms with Crippen LogP contribution in [0.2, 0.25) is 0 Å². The highest BCUT2D eigenvalue weighted by atomic mass is 31.0. The van der Waals surface area contributed by atoms with E-state index in [4.69, 9.17) is 9.05 Å². The van der Waals surface area contributed by atoms with Crippen molar-refractivity contribution in [3.05, 3.63) is 35.4 Å². The summed E-state index contributed by atoms with van der Waals surface area (Å²) < 4.78 is 10.4. The molecular weight excluding hydrogens is 202 g/mol. The minimum atomic E-state index is -0.705. The molecule has 0 saturated carbocycles. The average molecular weight is 216 g/mol. The third kappa shape index (κ3) is 2.48. The standard InChI is InChI=1S/C9H14O2P2/c1-7-3-5-8(6-4-7)9(2,10-12)11-13/h3-6H,12-13H2,1-2H3. The van der Waals surface area contributed by atoms with Crippen molar-refractivity contribution in [2.24, 2.45) is 0 Å². The fourth-order valence-corrected chi connectivity index (χ4v) is 1.51.